The van der Waals surface area contributed by atoms with Crippen LogP contribution in [0.5, 0.6) is 0 Å². The van der Waals surface area contributed by atoms with Crippen LogP contribution in [0.3, 0.4) is 0 Å². The largest absolute Gasteiger partial charge is 0.382 e. The molecule has 0 radical (unpaired) electrons. The molecule has 2 nitrogen and oxygen atoms in total. The summed E-state index contributed by atoms with van der Waals surface area (Å²) in [6.45, 7) is 2.95. The van der Waals surface area contributed by atoms with Crippen molar-refractivity contribution in [1.82, 2.24) is 0 Å². The van der Waals surface area contributed by atoms with Gasteiger partial charge in [0.2, 0.25) is 0 Å². The van der Waals surface area contributed by atoms with Gasteiger partial charge < -0.3 is 10.1 Å². The van der Waals surface area contributed by atoms with Crippen LogP contribution in [0.1, 0.15) is 39.0 Å². The van der Waals surface area contributed by atoms with Gasteiger partial charge in [-0.1, -0.05) is 28.8 Å². The second-order valence-electron chi connectivity index (χ2n) is 5.82. The number of benzene rings is 1. The Morgan fingerprint density at radius 2 is 1.95 bits per heavy atom. The zero-order valence-electron chi connectivity index (χ0n) is 11.5. The molecule has 2 saturated carbocycles. The van der Waals surface area contributed by atoms with Crippen molar-refractivity contribution in [3.63, 3.8) is 0 Å². The summed E-state index contributed by atoms with van der Waals surface area (Å²) < 4.78 is 7.09. The summed E-state index contributed by atoms with van der Waals surface area (Å²) in [4.78, 5) is 0. The molecule has 1 spiro atoms. The monoisotopic (exact) mass is 323 g/mol. The number of hydrogen-bond acceptors (Lipinski definition) is 2. The molecule has 0 aromatic heterocycles. The molecule has 0 bridgehead atoms. The molecule has 0 saturated heterocycles. The average molecular weight is 324 g/mol. The van der Waals surface area contributed by atoms with Gasteiger partial charge in [-0.05, 0) is 50.5 Å². The SMILES string of the molecule is CCOC1CC(Nc2ccc(Br)cc2)C12CCCC2. The third kappa shape index (κ3) is 2.43. The van der Waals surface area contributed by atoms with E-state index in [-0.39, 0.29) is 0 Å². The van der Waals surface area contributed by atoms with Crippen LogP contribution < -0.4 is 5.32 Å². The summed E-state index contributed by atoms with van der Waals surface area (Å²) in [5.74, 6) is 0. The second-order valence-corrected chi connectivity index (χ2v) is 6.74. The predicted octanol–water partition coefficient (Wildman–Crippen LogP) is 4.60. The van der Waals surface area contributed by atoms with Crippen molar-refractivity contribution in [3.05, 3.63) is 28.7 Å². The molecule has 0 amide bonds. The van der Waals surface area contributed by atoms with Gasteiger partial charge in [0.25, 0.3) is 0 Å². The van der Waals surface area contributed by atoms with E-state index < -0.39 is 0 Å². The first-order chi connectivity index (χ1) is 9.24. The standard InChI is InChI=1S/C16H22BrNO/c1-2-19-15-11-14(16(15)9-3-4-10-16)18-13-7-5-12(17)6-8-13/h5-8,14-15,18H,2-4,9-11H2,1H3. The van der Waals surface area contributed by atoms with Crippen molar-refractivity contribution in [2.45, 2.75) is 51.2 Å². The van der Waals surface area contributed by atoms with Crippen molar-refractivity contribution in [1.29, 1.82) is 0 Å². The summed E-state index contributed by atoms with van der Waals surface area (Å²) in [5.41, 5.74) is 1.64. The maximum atomic E-state index is 5.96. The second kappa shape index (κ2) is 5.45. The molecular weight excluding hydrogens is 302 g/mol. The number of ether oxygens (including phenoxy) is 1. The molecule has 19 heavy (non-hydrogen) atoms. The molecule has 1 aromatic rings. The molecule has 2 aliphatic carbocycles. The zero-order valence-corrected chi connectivity index (χ0v) is 13.1. The van der Waals surface area contributed by atoms with E-state index in [1.165, 1.54) is 31.4 Å². The van der Waals surface area contributed by atoms with Crippen molar-refractivity contribution >= 4 is 21.6 Å². The minimum atomic E-state index is 0.406. The van der Waals surface area contributed by atoms with Gasteiger partial charge >= 0.3 is 0 Å². The summed E-state index contributed by atoms with van der Waals surface area (Å²) >= 11 is 3.48. The van der Waals surface area contributed by atoms with Gasteiger partial charge in [-0.15, -0.1) is 0 Å². The quantitative estimate of drug-likeness (QED) is 0.874. The Kier molecular flexibility index (Phi) is 3.86. The minimum Gasteiger partial charge on any atom is -0.382 e. The van der Waals surface area contributed by atoms with Crippen LogP contribution in [-0.4, -0.2) is 18.8 Å². The van der Waals surface area contributed by atoms with E-state index in [0.29, 0.717) is 17.6 Å². The third-order valence-corrected chi connectivity index (χ3v) is 5.40. The fourth-order valence-electron chi connectivity index (χ4n) is 3.84. The molecule has 2 unspecified atom stereocenters. The van der Waals surface area contributed by atoms with Crippen LogP contribution >= 0.6 is 15.9 Å². The number of hydrogen-bond donors (Lipinski definition) is 1. The van der Waals surface area contributed by atoms with Crippen LogP contribution in [0.25, 0.3) is 0 Å². The van der Waals surface area contributed by atoms with E-state index in [2.05, 4.69) is 52.4 Å². The van der Waals surface area contributed by atoms with Crippen molar-refractivity contribution in [2.75, 3.05) is 11.9 Å². The molecule has 3 rings (SSSR count). The third-order valence-electron chi connectivity index (χ3n) is 4.87. The summed E-state index contributed by atoms with van der Waals surface area (Å²) in [6.07, 6.45) is 7.01. The Bertz CT molecular complexity index is 425. The van der Waals surface area contributed by atoms with E-state index in [4.69, 9.17) is 4.74 Å². The van der Waals surface area contributed by atoms with E-state index in [0.717, 1.165) is 17.5 Å². The summed E-state index contributed by atoms with van der Waals surface area (Å²) in [7, 11) is 0. The maximum absolute atomic E-state index is 5.96. The number of anilines is 1. The summed E-state index contributed by atoms with van der Waals surface area (Å²) in [6, 6.07) is 9.10. The van der Waals surface area contributed by atoms with Gasteiger partial charge in [0.05, 0.1) is 6.10 Å². The Hall–Kier alpha value is -0.540. The van der Waals surface area contributed by atoms with Gasteiger partial charge in [-0.3, -0.25) is 0 Å². The Morgan fingerprint density at radius 3 is 2.58 bits per heavy atom. The van der Waals surface area contributed by atoms with Gasteiger partial charge in [-0.2, -0.15) is 0 Å². The lowest BCUT2D eigenvalue weighted by atomic mass is 9.60. The van der Waals surface area contributed by atoms with Crippen LogP contribution in [-0.2, 0) is 4.74 Å². The Morgan fingerprint density at radius 1 is 1.26 bits per heavy atom. The molecular formula is C16H22BrNO. The smallest absolute Gasteiger partial charge is 0.0670 e. The van der Waals surface area contributed by atoms with E-state index in [1.807, 2.05) is 0 Å². The van der Waals surface area contributed by atoms with E-state index >= 15 is 0 Å². The highest BCUT2D eigenvalue weighted by atomic mass is 79.9. The topological polar surface area (TPSA) is 21.3 Å². The lowest BCUT2D eigenvalue weighted by Gasteiger charge is -2.54. The van der Waals surface area contributed by atoms with Crippen molar-refractivity contribution < 1.29 is 4.74 Å². The van der Waals surface area contributed by atoms with Gasteiger partial charge in [-0.25, -0.2) is 0 Å². The molecule has 0 aliphatic heterocycles. The highest BCUT2D eigenvalue weighted by molar-refractivity contribution is 9.10. The highest BCUT2D eigenvalue weighted by Crippen LogP contribution is 2.55. The molecule has 1 N–H and O–H groups in total. The summed E-state index contributed by atoms with van der Waals surface area (Å²) in [5, 5.41) is 3.73. The van der Waals surface area contributed by atoms with Crippen LogP contribution in [0, 0.1) is 5.41 Å². The molecule has 2 aliphatic rings. The number of rotatable bonds is 4. The molecule has 3 heteroatoms. The van der Waals surface area contributed by atoms with Crippen LogP contribution in [0.2, 0.25) is 0 Å². The fourth-order valence-corrected chi connectivity index (χ4v) is 4.10. The fraction of sp³-hybridized carbons (Fsp3) is 0.625. The molecule has 104 valence electrons. The molecule has 0 heterocycles. The van der Waals surface area contributed by atoms with E-state index in [9.17, 15) is 0 Å². The van der Waals surface area contributed by atoms with Crippen LogP contribution in [0.15, 0.2) is 28.7 Å². The van der Waals surface area contributed by atoms with Gasteiger partial charge in [0.15, 0.2) is 0 Å². The lowest BCUT2D eigenvalue weighted by molar-refractivity contribution is -0.114. The first kappa shape index (κ1) is 13.4. The first-order valence-corrected chi connectivity index (χ1v) is 8.17. The van der Waals surface area contributed by atoms with E-state index in [1.54, 1.807) is 0 Å². The normalized spacial score (nSPS) is 28.3. The Balaban J connectivity index is 1.70. The molecule has 2 fully saturated rings. The van der Waals surface area contributed by atoms with Gasteiger partial charge in [0, 0.05) is 28.2 Å². The zero-order chi connectivity index (χ0) is 13.3. The minimum absolute atomic E-state index is 0.406. The average Bonchev–Trinajstić information content (AvgIpc) is 2.92. The van der Waals surface area contributed by atoms with Gasteiger partial charge in [0.1, 0.15) is 0 Å². The highest BCUT2D eigenvalue weighted by Gasteiger charge is 2.56. The van der Waals surface area contributed by atoms with Crippen molar-refractivity contribution in [2.24, 2.45) is 5.41 Å². The van der Waals surface area contributed by atoms with Crippen LogP contribution in [0.4, 0.5) is 5.69 Å². The van der Waals surface area contributed by atoms with Crippen molar-refractivity contribution in [3.8, 4) is 0 Å². The predicted molar refractivity (Wildman–Crippen MR) is 82.5 cm³/mol. The molecule has 2 atom stereocenters. The maximum Gasteiger partial charge on any atom is 0.0670 e. The Labute approximate surface area is 124 Å². The lowest BCUT2D eigenvalue weighted by Crippen LogP contribution is -2.60. The molecule has 1 aromatic carbocycles. The number of halogens is 1. The number of nitrogens with one attached hydrogen (secondary N) is 1. The first-order valence-electron chi connectivity index (χ1n) is 7.38.